The number of hydrogen-bond donors (Lipinski definition) is 1. The maximum atomic E-state index is 11.7. The van der Waals surface area contributed by atoms with E-state index in [1.54, 1.807) is 0 Å². The van der Waals surface area contributed by atoms with Crippen LogP contribution >= 0.6 is 0 Å². The van der Waals surface area contributed by atoms with Gasteiger partial charge in [-0.2, -0.15) is 0 Å². The smallest absolute Gasteiger partial charge is 0.189 e. The quantitative estimate of drug-likeness (QED) is 0.241. The van der Waals surface area contributed by atoms with Crippen LogP contribution in [0.15, 0.2) is 122 Å². The van der Waals surface area contributed by atoms with E-state index in [4.69, 9.17) is 4.74 Å². The molecular weight excluding hydrogens is 446 g/mol. The molecule has 0 fully saturated rings. The van der Waals surface area contributed by atoms with Crippen molar-refractivity contribution in [2.24, 2.45) is 0 Å². The van der Waals surface area contributed by atoms with Crippen molar-refractivity contribution in [1.82, 2.24) is 0 Å². The summed E-state index contributed by atoms with van der Waals surface area (Å²) in [7, 11) is 0. The minimum Gasteiger partial charge on any atom is -0.490 e. The molecule has 0 bridgehead atoms. The Morgan fingerprint density at radius 3 is 1.69 bits per heavy atom. The summed E-state index contributed by atoms with van der Waals surface area (Å²) in [4.78, 5) is 13.9. The summed E-state index contributed by atoms with van der Waals surface area (Å²) in [6.07, 6.45) is 2.92. The fourth-order valence-electron chi connectivity index (χ4n) is 3.97. The van der Waals surface area contributed by atoms with E-state index in [0.717, 1.165) is 36.0 Å². The van der Waals surface area contributed by atoms with Crippen LogP contribution in [-0.2, 0) is 17.6 Å². The number of para-hydroxylation sites is 2. The molecule has 4 rings (SSSR count). The van der Waals surface area contributed by atoms with E-state index >= 15 is 0 Å². The zero-order valence-electron chi connectivity index (χ0n) is 20.5. The van der Waals surface area contributed by atoms with Crippen molar-refractivity contribution in [2.45, 2.75) is 25.4 Å². The molecule has 1 atom stereocenters. The number of ether oxygens (including phenoxy) is 1. The first-order valence-electron chi connectivity index (χ1n) is 12.1. The summed E-state index contributed by atoms with van der Waals surface area (Å²) < 4.78 is 5.60. The van der Waals surface area contributed by atoms with Crippen LogP contribution < -0.4 is 9.64 Å². The van der Waals surface area contributed by atoms with Crippen molar-refractivity contribution in [1.29, 1.82) is 0 Å². The number of benzene rings is 4. The topological polar surface area (TPSA) is 49.8 Å². The number of hydrogen-bond acceptors (Lipinski definition) is 4. The first kappa shape index (κ1) is 25.0. The molecule has 0 saturated heterocycles. The third-order valence-electron chi connectivity index (χ3n) is 6.09. The lowest BCUT2D eigenvalue weighted by Crippen LogP contribution is -2.40. The van der Waals surface area contributed by atoms with Crippen molar-refractivity contribution < 1.29 is 14.6 Å². The highest BCUT2D eigenvalue weighted by molar-refractivity contribution is 5.96. The van der Waals surface area contributed by atoms with Gasteiger partial charge in [0.2, 0.25) is 0 Å². The number of carbonyl (C=O) groups is 1. The SMILES string of the molecule is C=CC(=O)C(C)(O)COc1ccc(CCc2ccc(N(c3ccccc3)c3ccccc3)cc2)cc1. The molecule has 36 heavy (non-hydrogen) atoms. The van der Waals surface area contributed by atoms with Gasteiger partial charge in [0.05, 0.1) is 0 Å². The Balaban J connectivity index is 1.39. The van der Waals surface area contributed by atoms with Crippen LogP contribution in [0, 0.1) is 0 Å². The molecule has 0 aliphatic rings. The van der Waals surface area contributed by atoms with Gasteiger partial charge >= 0.3 is 0 Å². The molecule has 4 nitrogen and oxygen atoms in total. The number of carbonyl (C=O) groups excluding carboxylic acids is 1. The van der Waals surface area contributed by atoms with Gasteiger partial charge in [0.25, 0.3) is 0 Å². The predicted octanol–water partition coefficient (Wildman–Crippen LogP) is 6.83. The average molecular weight is 478 g/mol. The lowest BCUT2D eigenvalue weighted by atomic mass is 10.0. The molecule has 0 spiro atoms. The number of rotatable bonds is 11. The maximum Gasteiger partial charge on any atom is 0.189 e. The van der Waals surface area contributed by atoms with Gasteiger partial charge in [0.1, 0.15) is 12.4 Å². The van der Waals surface area contributed by atoms with Crippen molar-refractivity contribution in [3.8, 4) is 5.75 Å². The van der Waals surface area contributed by atoms with Gasteiger partial charge in [0, 0.05) is 17.1 Å². The van der Waals surface area contributed by atoms with Gasteiger partial charge in [-0.25, -0.2) is 0 Å². The van der Waals surface area contributed by atoms with Gasteiger partial charge < -0.3 is 14.7 Å². The Morgan fingerprint density at radius 2 is 1.22 bits per heavy atom. The van der Waals surface area contributed by atoms with E-state index in [2.05, 4.69) is 84.3 Å². The van der Waals surface area contributed by atoms with Crippen molar-refractivity contribution in [3.63, 3.8) is 0 Å². The van der Waals surface area contributed by atoms with Crippen molar-refractivity contribution >= 4 is 22.8 Å². The van der Waals surface area contributed by atoms with Crippen LogP contribution in [0.3, 0.4) is 0 Å². The average Bonchev–Trinajstić information content (AvgIpc) is 2.93. The largest absolute Gasteiger partial charge is 0.490 e. The molecule has 0 aromatic heterocycles. The molecular formula is C32H31NO3. The molecule has 4 aromatic carbocycles. The lowest BCUT2D eigenvalue weighted by molar-refractivity contribution is -0.133. The van der Waals surface area contributed by atoms with E-state index in [-0.39, 0.29) is 6.61 Å². The number of ketones is 1. The fraction of sp³-hybridized carbons (Fsp3) is 0.156. The zero-order valence-corrected chi connectivity index (χ0v) is 20.5. The number of aliphatic hydroxyl groups is 1. The predicted molar refractivity (Wildman–Crippen MR) is 146 cm³/mol. The Morgan fingerprint density at radius 1 is 0.778 bits per heavy atom. The van der Waals surface area contributed by atoms with E-state index in [1.165, 1.54) is 18.1 Å². The zero-order chi connectivity index (χ0) is 25.4. The van der Waals surface area contributed by atoms with Crippen LogP contribution in [0.25, 0.3) is 0 Å². The second-order valence-corrected chi connectivity index (χ2v) is 8.95. The standard InChI is InChI=1S/C32H31NO3/c1-3-31(34)32(2,35)24-36-30-22-18-26(19-23-30)15-14-25-16-20-29(21-17-25)33(27-10-6-4-7-11-27)28-12-8-5-9-13-28/h3-13,16-23,35H,1,14-15,24H2,2H3. The van der Waals surface area contributed by atoms with E-state index < -0.39 is 11.4 Å². The second-order valence-electron chi connectivity index (χ2n) is 8.95. The monoisotopic (exact) mass is 477 g/mol. The van der Waals surface area contributed by atoms with Crippen molar-refractivity contribution in [2.75, 3.05) is 11.5 Å². The van der Waals surface area contributed by atoms with E-state index in [1.807, 2.05) is 36.4 Å². The number of aryl methyl sites for hydroxylation is 2. The minimum atomic E-state index is -1.58. The Hall–Kier alpha value is -4.15. The molecule has 4 heteroatoms. The first-order chi connectivity index (χ1) is 17.5. The Kier molecular flexibility index (Phi) is 7.99. The maximum absolute atomic E-state index is 11.7. The summed E-state index contributed by atoms with van der Waals surface area (Å²) in [5, 5.41) is 10.1. The number of nitrogens with zero attached hydrogens (tertiary/aromatic N) is 1. The lowest BCUT2D eigenvalue weighted by Gasteiger charge is -2.25. The van der Waals surface area contributed by atoms with Gasteiger partial charge in [-0.1, -0.05) is 67.2 Å². The van der Waals surface area contributed by atoms with E-state index in [0.29, 0.717) is 5.75 Å². The summed E-state index contributed by atoms with van der Waals surface area (Å²) in [6.45, 7) is 4.72. The van der Waals surface area contributed by atoms with Gasteiger partial charge in [-0.05, 0) is 85.5 Å². The fourth-order valence-corrected chi connectivity index (χ4v) is 3.97. The van der Waals surface area contributed by atoms with Crippen LogP contribution in [0.2, 0.25) is 0 Å². The third-order valence-corrected chi connectivity index (χ3v) is 6.09. The van der Waals surface area contributed by atoms with Crippen molar-refractivity contribution in [3.05, 3.63) is 133 Å². The highest BCUT2D eigenvalue weighted by atomic mass is 16.5. The van der Waals surface area contributed by atoms with Gasteiger partial charge in [-0.3, -0.25) is 4.79 Å². The molecule has 0 heterocycles. The molecule has 0 radical (unpaired) electrons. The second kappa shape index (κ2) is 11.5. The summed E-state index contributed by atoms with van der Waals surface area (Å²) in [6, 6.07) is 37.2. The molecule has 0 aliphatic heterocycles. The van der Waals surface area contributed by atoms with Gasteiger partial charge in [-0.15, -0.1) is 0 Å². The van der Waals surface area contributed by atoms with Crippen LogP contribution in [-0.4, -0.2) is 23.1 Å². The molecule has 1 unspecified atom stereocenters. The summed E-state index contributed by atoms with van der Waals surface area (Å²) >= 11 is 0. The van der Waals surface area contributed by atoms with Crippen LogP contribution in [0.5, 0.6) is 5.75 Å². The first-order valence-corrected chi connectivity index (χ1v) is 12.1. The van der Waals surface area contributed by atoms with E-state index in [9.17, 15) is 9.90 Å². The Labute approximate surface area is 213 Å². The molecule has 1 N–H and O–H groups in total. The number of anilines is 3. The molecule has 4 aromatic rings. The molecule has 0 saturated carbocycles. The summed E-state index contributed by atoms with van der Waals surface area (Å²) in [5.74, 6) is 0.156. The Bertz CT molecular complexity index is 1230. The highest BCUT2D eigenvalue weighted by Crippen LogP contribution is 2.34. The highest BCUT2D eigenvalue weighted by Gasteiger charge is 2.28. The summed E-state index contributed by atoms with van der Waals surface area (Å²) in [5.41, 5.74) is 4.23. The van der Waals surface area contributed by atoms with Crippen LogP contribution in [0.4, 0.5) is 17.1 Å². The van der Waals surface area contributed by atoms with Gasteiger partial charge in [0.15, 0.2) is 11.4 Å². The molecule has 0 amide bonds. The molecule has 0 aliphatic carbocycles. The molecule has 182 valence electrons. The van der Waals surface area contributed by atoms with Crippen LogP contribution in [0.1, 0.15) is 18.1 Å². The minimum absolute atomic E-state index is 0.119. The third kappa shape index (κ3) is 6.29. The normalized spacial score (nSPS) is 12.4.